The summed E-state index contributed by atoms with van der Waals surface area (Å²) < 4.78 is 7.48. The molecule has 0 amide bonds. The molecule has 0 spiro atoms. The Hall–Kier alpha value is -1.88. The van der Waals surface area contributed by atoms with Gasteiger partial charge in [-0.15, -0.1) is 11.3 Å². The lowest BCUT2D eigenvalue weighted by Crippen LogP contribution is -2.14. The summed E-state index contributed by atoms with van der Waals surface area (Å²) >= 11 is 1.45. The van der Waals surface area contributed by atoms with Crippen molar-refractivity contribution < 1.29 is 14.3 Å². The van der Waals surface area contributed by atoms with Crippen LogP contribution >= 0.6 is 11.3 Å². The Bertz CT molecular complexity index is 796. The second-order valence-corrected chi connectivity index (χ2v) is 7.59. The minimum absolute atomic E-state index is 0.132. The molecule has 1 aliphatic carbocycles. The van der Waals surface area contributed by atoms with Crippen molar-refractivity contribution in [1.82, 2.24) is 4.57 Å². The van der Waals surface area contributed by atoms with Gasteiger partial charge in [0.25, 0.3) is 0 Å². The van der Waals surface area contributed by atoms with Gasteiger partial charge in [-0.05, 0) is 57.7 Å². The SMILES string of the molecule is CCc1sc(C(=O)OCC(=O)c2cc(C)n(C3CC3)c2C)cc1C. The van der Waals surface area contributed by atoms with E-state index in [1.807, 2.05) is 32.9 Å². The van der Waals surface area contributed by atoms with Crippen LogP contribution in [0.1, 0.15) is 67.7 Å². The molecule has 1 saturated carbocycles. The van der Waals surface area contributed by atoms with Gasteiger partial charge in [0.15, 0.2) is 6.61 Å². The monoisotopic (exact) mass is 345 g/mol. The number of hydrogen-bond acceptors (Lipinski definition) is 4. The van der Waals surface area contributed by atoms with Crippen molar-refractivity contribution in [2.45, 2.75) is 53.0 Å². The molecule has 0 atom stereocenters. The molecule has 0 N–H and O–H groups in total. The van der Waals surface area contributed by atoms with E-state index in [0.29, 0.717) is 16.5 Å². The lowest BCUT2D eigenvalue weighted by atomic mass is 10.1. The number of Topliss-reactive ketones (excluding diaryl/α,β-unsaturated/α-hetero) is 1. The Morgan fingerprint density at radius 3 is 2.54 bits per heavy atom. The fourth-order valence-electron chi connectivity index (χ4n) is 3.21. The Morgan fingerprint density at radius 2 is 1.96 bits per heavy atom. The summed E-state index contributed by atoms with van der Waals surface area (Å²) in [6.07, 6.45) is 3.25. The highest BCUT2D eigenvalue weighted by Gasteiger charge is 2.28. The number of ketones is 1. The topological polar surface area (TPSA) is 48.3 Å². The summed E-state index contributed by atoms with van der Waals surface area (Å²) in [5.41, 5.74) is 3.86. The molecule has 0 bridgehead atoms. The van der Waals surface area contributed by atoms with Gasteiger partial charge in [-0.2, -0.15) is 0 Å². The van der Waals surface area contributed by atoms with Crippen molar-refractivity contribution in [2.24, 2.45) is 0 Å². The third kappa shape index (κ3) is 3.18. The maximum absolute atomic E-state index is 12.5. The predicted molar refractivity (Wildman–Crippen MR) is 95.2 cm³/mol. The Morgan fingerprint density at radius 1 is 1.25 bits per heavy atom. The summed E-state index contributed by atoms with van der Waals surface area (Å²) in [7, 11) is 0. The van der Waals surface area contributed by atoms with E-state index in [4.69, 9.17) is 4.74 Å². The summed E-state index contributed by atoms with van der Waals surface area (Å²) in [5, 5.41) is 0. The number of aromatic nitrogens is 1. The van der Waals surface area contributed by atoms with Gasteiger partial charge in [-0.3, -0.25) is 4.79 Å². The molecule has 0 saturated heterocycles. The van der Waals surface area contributed by atoms with Crippen molar-refractivity contribution >= 4 is 23.1 Å². The van der Waals surface area contributed by atoms with Gasteiger partial charge in [0, 0.05) is 27.9 Å². The number of ether oxygens (including phenoxy) is 1. The van der Waals surface area contributed by atoms with Crippen LogP contribution in [0, 0.1) is 20.8 Å². The number of carbonyl (C=O) groups is 2. The lowest BCUT2D eigenvalue weighted by molar-refractivity contribution is 0.0479. The van der Waals surface area contributed by atoms with Crippen molar-refractivity contribution in [3.8, 4) is 0 Å². The maximum atomic E-state index is 12.5. The molecule has 4 nitrogen and oxygen atoms in total. The van der Waals surface area contributed by atoms with E-state index in [0.717, 1.165) is 23.4 Å². The molecule has 128 valence electrons. The van der Waals surface area contributed by atoms with E-state index in [1.54, 1.807) is 0 Å². The zero-order valence-electron chi connectivity index (χ0n) is 14.6. The van der Waals surface area contributed by atoms with Crippen molar-refractivity contribution in [1.29, 1.82) is 0 Å². The van der Waals surface area contributed by atoms with Crippen LogP contribution in [0.5, 0.6) is 0 Å². The van der Waals surface area contributed by atoms with Crippen molar-refractivity contribution in [3.05, 3.63) is 44.4 Å². The summed E-state index contributed by atoms with van der Waals surface area (Å²) in [5.74, 6) is -0.542. The molecule has 1 aliphatic rings. The van der Waals surface area contributed by atoms with Crippen LogP contribution in [0.15, 0.2) is 12.1 Å². The van der Waals surface area contributed by atoms with Crippen LogP contribution in [0.4, 0.5) is 0 Å². The van der Waals surface area contributed by atoms with E-state index in [-0.39, 0.29) is 12.4 Å². The minimum Gasteiger partial charge on any atom is -0.453 e. The third-order valence-electron chi connectivity index (χ3n) is 4.57. The highest BCUT2D eigenvalue weighted by molar-refractivity contribution is 7.14. The number of rotatable bonds is 6. The molecular formula is C19H23NO3S. The fourth-order valence-corrected chi connectivity index (χ4v) is 4.21. The second-order valence-electron chi connectivity index (χ2n) is 6.46. The number of hydrogen-bond donors (Lipinski definition) is 0. The van der Waals surface area contributed by atoms with Crippen LogP contribution in [-0.4, -0.2) is 22.9 Å². The molecule has 0 radical (unpaired) electrons. The molecule has 3 rings (SSSR count). The Balaban J connectivity index is 1.67. The molecular weight excluding hydrogens is 322 g/mol. The molecule has 0 aliphatic heterocycles. The number of nitrogens with zero attached hydrogens (tertiary/aromatic N) is 1. The highest BCUT2D eigenvalue weighted by Crippen LogP contribution is 2.38. The molecule has 0 aromatic carbocycles. The number of carbonyl (C=O) groups excluding carboxylic acids is 2. The first-order valence-corrected chi connectivity index (χ1v) is 9.22. The summed E-state index contributed by atoms with van der Waals surface area (Å²) in [6, 6.07) is 4.29. The molecule has 24 heavy (non-hydrogen) atoms. The van der Waals surface area contributed by atoms with Gasteiger partial charge in [0.2, 0.25) is 5.78 Å². The van der Waals surface area contributed by atoms with Gasteiger partial charge in [0.1, 0.15) is 4.88 Å². The van der Waals surface area contributed by atoms with Gasteiger partial charge in [-0.25, -0.2) is 4.79 Å². The zero-order chi connectivity index (χ0) is 17.4. The number of thiophene rings is 1. The van der Waals surface area contributed by atoms with Crippen molar-refractivity contribution in [2.75, 3.05) is 6.61 Å². The highest BCUT2D eigenvalue weighted by atomic mass is 32.1. The Kier molecular flexibility index (Phi) is 4.63. The van der Waals surface area contributed by atoms with Crippen LogP contribution in [-0.2, 0) is 11.2 Å². The molecule has 2 aromatic heterocycles. The quantitative estimate of drug-likeness (QED) is 0.575. The largest absolute Gasteiger partial charge is 0.453 e. The molecule has 1 fully saturated rings. The second kappa shape index (κ2) is 6.55. The lowest BCUT2D eigenvalue weighted by Gasteiger charge is -2.07. The van der Waals surface area contributed by atoms with Gasteiger partial charge in [0.05, 0.1) is 0 Å². The fraction of sp³-hybridized carbons (Fsp3) is 0.474. The van der Waals surface area contributed by atoms with Crippen LogP contribution < -0.4 is 0 Å². The molecule has 2 aromatic rings. The van der Waals surface area contributed by atoms with E-state index in [9.17, 15) is 9.59 Å². The standard InChI is InChI=1S/C19H23NO3S/c1-5-17-11(2)8-18(24-17)19(22)23-10-16(21)15-9-12(3)20(13(15)4)14-6-7-14/h8-9,14H,5-7,10H2,1-4H3. The molecule has 2 heterocycles. The molecule has 0 unspecified atom stereocenters. The first-order chi connectivity index (χ1) is 11.4. The van der Waals surface area contributed by atoms with Gasteiger partial charge < -0.3 is 9.30 Å². The van der Waals surface area contributed by atoms with Gasteiger partial charge >= 0.3 is 5.97 Å². The Labute approximate surface area is 146 Å². The number of aryl methyl sites for hydroxylation is 3. The van der Waals surface area contributed by atoms with Crippen LogP contribution in [0.3, 0.4) is 0 Å². The summed E-state index contributed by atoms with van der Waals surface area (Å²) in [6.45, 7) is 7.84. The molecule has 5 heteroatoms. The van der Waals surface area contributed by atoms with Crippen LogP contribution in [0.25, 0.3) is 0 Å². The van der Waals surface area contributed by atoms with E-state index >= 15 is 0 Å². The summed E-state index contributed by atoms with van der Waals surface area (Å²) in [4.78, 5) is 26.4. The number of esters is 1. The maximum Gasteiger partial charge on any atom is 0.348 e. The average molecular weight is 345 g/mol. The van der Waals surface area contributed by atoms with Crippen molar-refractivity contribution in [3.63, 3.8) is 0 Å². The van der Waals surface area contributed by atoms with E-state index in [1.165, 1.54) is 29.1 Å². The first-order valence-electron chi connectivity index (χ1n) is 8.40. The normalized spacial score (nSPS) is 14.0. The van der Waals surface area contributed by atoms with E-state index in [2.05, 4.69) is 11.5 Å². The third-order valence-corrected chi connectivity index (χ3v) is 5.94. The smallest absolute Gasteiger partial charge is 0.348 e. The minimum atomic E-state index is -0.410. The van der Waals surface area contributed by atoms with Crippen LogP contribution in [0.2, 0.25) is 0 Å². The first kappa shape index (κ1) is 17.0. The average Bonchev–Trinajstić information content (AvgIpc) is 3.24. The predicted octanol–water partition coefficient (Wildman–Crippen LogP) is 4.41. The van der Waals surface area contributed by atoms with Gasteiger partial charge in [-0.1, -0.05) is 6.92 Å². The van der Waals surface area contributed by atoms with E-state index < -0.39 is 5.97 Å². The zero-order valence-corrected chi connectivity index (χ0v) is 15.5.